The lowest BCUT2D eigenvalue weighted by molar-refractivity contribution is 0.0168. The van der Waals surface area contributed by atoms with E-state index in [1.54, 1.807) is 17.7 Å². The van der Waals surface area contributed by atoms with E-state index in [2.05, 4.69) is 31.2 Å². The number of fused-ring (bicyclic) bond motifs is 1. The molecule has 0 atom stereocenters. The summed E-state index contributed by atoms with van der Waals surface area (Å²) < 4.78 is 7.20. The Morgan fingerprint density at radius 1 is 1.00 bits per heavy atom. The second kappa shape index (κ2) is 14.4. The summed E-state index contributed by atoms with van der Waals surface area (Å²) in [4.78, 5) is 58.9. The van der Waals surface area contributed by atoms with Crippen molar-refractivity contribution in [3.63, 3.8) is 0 Å². The minimum Gasteiger partial charge on any atom is -0.444 e. The molecule has 5 heterocycles. The van der Waals surface area contributed by atoms with Crippen molar-refractivity contribution < 1.29 is 14.3 Å². The first-order valence-electron chi connectivity index (χ1n) is 17.0. The third kappa shape index (κ3) is 7.91. The molecule has 2 aliphatic heterocycles. The van der Waals surface area contributed by atoms with E-state index in [1.807, 2.05) is 51.8 Å². The molecular formula is C35H50N8O4. The molecule has 47 heavy (non-hydrogen) atoms. The number of likely N-dealkylation sites (tertiary alicyclic amines) is 1. The van der Waals surface area contributed by atoms with E-state index >= 15 is 0 Å². The first-order chi connectivity index (χ1) is 22.4. The highest BCUT2D eigenvalue weighted by atomic mass is 16.6. The number of nitrogens with one attached hydrogen (secondary N) is 1. The molecule has 0 unspecified atom stereocenters. The second-order valence-electron chi connectivity index (χ2n) is 13.9. The Kier molecular flexibility index (Phi) is 10.5. The molecule has 5 rings (SSSR count). The Hall–Kier alpha value is -4.06. The number of pyridine rings is 2. The van der Waals surface area contributed by atoms with Gasteiger partial charge in [0.1, 0.15) is 17.1 Å². The maximum absolute atomic E-state index is 13.5. The Labute approximate surface area is 277 Å². The Balaban J connectivity index is 1.18. The number of carbonyl (C=O) groups excluding carboxylic acids is 2. The Bertz CT molecular complexity index is 1630. The molecule has 2 saturated heterocycles. The normalized spacial score (nSPS) is 16.6. The number of anilines is 3. The fourth-order valence-electron chi connectivity index (χ4n) is 6.74. The van der Waals surface area contributed by atoms with Gasteiger partial charge in [0.15, 0.2) is 5.78 Å². The number of rotatable bonds is 9. The molecule has 0 radical (unpaired) electrons. The maximum atomic E-state index is 13.5. The zero-order valence-corrected chi connectivity index (χ0v) is 29.0. The molecule has 1 amide bonds. The largest absolute Gasteiger partial charge is 0.444 e. The molecule has 3 aromatic rings. The van der Waals surface area contributed by atoms with Gasteiger partial charge < -0.3 is 19.9 Å². The van der Waals surface area contributed by atoms with Crippen LogP contribution in [0.15, 0.2) is 29.3 Å². The summed E-state index contributed by atoms with van der Waals surface area (Å²) in [5, 5.41) is 3.90. The van der Waals surface area contributed by atoms with E-state index in [9.17, 15) is 14.4 Å². The minimum absolute atomic E-state index is 0.0819. The van der Waals surface area contributed by atoms with Crippen molar-refractivity contribution in [1.29, 1.82) is 0 Å². The lowest BCUT2D eigenvalue weighted by Crippen LogP contribution is -2.49. The van der Waals surface area contributed by atoms with Crippen molar-refractivity contribution in [1.82, 2.24) is 29.3 Å². The average Bonchev–Trinajstić information content (AvgIpc) is 3.03. The van der Waals surface area contributed by atoms with Gasteiger partial charge in [0.2, 0.25) is 5.95 Å². The van der Waals surface area contributed by atoms with Crippen LogP contribution in [0.1, 0.15) is 89.2 Å². The molecule has 3 aromatic heterocycles. The Morgan fingerprint density at radius 3 is 2.26 bits per heavy atom. The first-order valence-corrected chi connectivity index (χ1v) is 17.0. The number of ether oxygens (including phenoxy) is 1. The topological polar surface area (TPSA) is 126 Å². The van der Waals surface area contributed by atoms with Crippen LogP contribution in [-0.2, 0) is 4.74 Å². The summed E-state index contributed by atoms with van der Waals surface area (Å²) in [6.45, 7) is 19.4. The number of ketones is 1. The van der Waals surface area contributed by atoms with Gasteiger partial charge in [-0.2, -0.15) is 4.98 Å². The number of aryl methyl sites for hydroxylation is 1. The number of hydrogen-bond donors (Lipinski definition) is 1. The highest BCUT2D eigenvalue weighted by Crippen LogP contribution is 2.26. The highest BCUT2D eigenvalue weighted by molar-refractivity contribution is 5.99. The van der Waals surface area contributed by atoms with Crippen LogP contribution in [-0.4, -0.2) is 92.6 Å². The van der Waals surface area contributed by atoms with Crippen molar-refractivity contribution >= 4 is 40.4 Å². The number of piperidine rings is 1. The molecule has 2 fully saturated rings. The van der Waals surface area contributed by atoms with E-state index in [1.165, 1.54) is 6.92 Å². The quantitative estimate of drug-likeness (QED) is 0.295. The number of aromatic nitrogens is 4. The monoisotopic (exact) mass is 646 g/mol. The number of carbonyl (C=O) groups is 2. The van der Waals surface area contributed by atoms with Gasteiger partial charge in [0.25, 0.3) is 5.56 Å². The van der Waals surface area contributed by atoms with Crippen LogP contribution >= 0.6 is 0 Å². The van der Waals surface area contributed by atoms with Gasteiger partial charge in [0, 0.05) is 63.4 Å². The predicted octanol–water partition coefficient (Wildman–Crippen LogP) is 5.57. The van der Waals surface area contributed by atoms with E-state index in [0.717, 1.165) is 77.2 Å². The zero-order valence-electron chi connectivity index (χ0n) is 29.0. The number of nitrogens with zero attached hydrogens (tertiary/aromatic N) is 7. The van der Waals surface area contributed by atoms with Crippen molar-refractivity contribution in [2.45, 2.75) is 85.8 Å². The third-order valence-corrected chi connectivity index (χ3v) is 9.38. The molecular weight excluding hydrogens is 596 g/mol. The number of piperazine rings is 1. The third-order valence-electron chi connectivity index (χ3n) is 9.38. The van der Waals surface area contributed by atoms with Crippen LogP contribution < -0.4 is 15.8 Å². The first kappa shape index (κ1) is 34.3. The Morgan fingerprint density at radius 2 is 1.68 bits per heavy atom. The molecule has 0 spiro atoms. The van der Waals surface area contributed by atoms with Gasteiger partial charge in [-0.05, 0) is 83.9 Å². The lowest BCUT2D eigenvalue weighted by Gasteiger charge is -2.39. The zero-order chi connectivity index (χ0) is 33.9. The summed E-state index contributed by atoms with van der Waals surface area (Å²) in [5.41, 5.74) is 1.63. The van der Waals surface area contributed by atoms with Crippen LogP contribution in [0.3, 0.4) is 0 Å². The summed E-state index contributed by atoms with van der Waals surface area (Å²) in [7, 11) is 0. The molecule has 0 bridgehead atoms. The van der Waals surface area contributed by atoms with E-state index in [-0.39, 0.29) is 29.0 Å². The van der Waals surface area contributed by atoms with Gasteiger partial charge in [0.05, 0.1) is 17.4 Å². The molecule has 0 aliphatic carbocycles. The molecule has 1 N–H and O–H groups in total. The van der Waals surface area contributed by atoms with Crippen molar-refractivity contribution in [3.05, 3.63) is 46.0 Å². The SMILES string of the molecule is CCC(CC)n1c(=O)c(C(C)=O)c(C)c2cnc(Nc3ccc(N4CCN(CC5CCN(C(=O)OC(C)(C)C)CC5)CC4)cn3)nc21. The molecule has 254 valence electrons. The fraction of sp³-hybridized carbons (Fsp3) is 0.600. The highest BCUT2D eigenvalue weighted by Gasteiger charge is 2.29. The molecule has 12 nitrogen and oxygen atoms in total. The average molecular weight is 647 g/mol. The number of hydrogen-bond acceptors (Lipinski definition) is 10. The molecule has 12 heteroatoms. The summed E-state index contributed by atoms with van der Waals surface area (Å²) in [6.07, 6.45) is 6.85. The lowest BCUT2D eigenvalue weighted by atomic mass is 9.96. The summed E-state index contributed by atoms with van der Waals surface area (Å²) in [6, 6.07) is 3.90. The van der Waals surface area contributed by atoms with Crippen LogP contribution in [0.25, 0.3) is 11.0 Å². The van der Waals surface area contributed by atoms with E-state index in [0.29, 0.717) is 34.3 Å². The van der Waals surface area contributed by atoms with E-state index < -0.39 is 5.60 Å². The summed E-state index contributed by atoms with van der Waals surface area (Å²) in [5.74, 6) is 1.30. The van der Waals surface area contributed by atoms with E-state index in [4.69, 9.17) is 9.72 Å². The standard InChI is InChI=1S/C35H50N8O4/c1-8-26(9-2)43-31-28(23(3)30(24(4)44)32(43)45)21-37-33(39-31)38-29-11-10-27(20-36-29)41-18-16-40(17-19-41)22-25-12-14-42(15-13-25)34(46)47-35(5,6)7/h10-11,20-21,25-26H,8-9,12-19,22H2,1-7H3,(H,36,37,38,39). The van der Waals surface area contributed by atoms with Gasteiger partial charge in [-0.3, -0.25) is 19.1 Å². The summed E-state index contributed by atoms with van der Waals surface area (Å²) >= 11 is 0. The van der Waals surface area contributed by atoms with Crippen LogP contribution in [0.2, 0.25) is 0 Å². The van der Waals surface area contributed by atoms with Gasteiger partial charge in [-0.25, -0.2) is 14.8 Å². The van der Waals surface area contributed by atoms with Crippen molar-refractivity contribution in [3.8, 4) is 0 Å². The van der Waals surface area contributed by atoms with Crippen molar-refractivity contribution in [2.24, 2.45) is 5.92 Å². The second-order valence-corrected chi connectivity index (χ2v) is 13.9. The predicted molar refractivity (Wildman–Crippen MR) is 185 cm³/mol. The molecule has 2 aliphatic rings. The van der Waals surface area contributed by atoms with Crippen molar-refractivity contribution in [2.75, 3.05) is 56.0 Å². The van der Waals surface area contributed by atoms with Gasteiger partial charge >= 0.3 is 6.09 Å². The fourth-order valence-corrected chi connectivity index (χ4v) is 6.74. The van der Waals surface area contributed by atoms with Crippen LogP contribution in [0.4, 0.5) is 22.2 Å². The van der Waals surface area contributed by atoms with Gasteiger partial charge in [-0.15, -0.1) is 0 Å². The number of Topliss-reactive ketones (excluding diaryl/α,β-unsaturated/α-hetero) is 1. The smallest absolute Gasteiger partial charge is 0.410 e. The molecule has 0 aromatic carbocycles. The maximum Gasteiger partial charge on any atom is 0.410 e. The minimum atomic E-state index is -0.464. The van der Waals surface area contributed by atoms with Gasteiger partial charge in [-0.1, -0.05) is 13.8 Å². The molecule has 0 saturated carbocycles. The van der Waals surface area contributed by atoms with Crippen LogP contribution in [0, 0.1) is 12.8 Å². The number of amides is 1. The van der Waals surface area contributed by atoms with Crippen LogP contribution in [0.5, 0.6) is 0 Å².